The minimum atomic E-state index is 0.913. The van der Waals surface area contributed by atoms with Crippen LogP contribution in [0.3, 0.4) is 0 Å². The molecular weight excluding hydrogens is 440 g/mol. The van der Waals surface area contributed by atoms with E-state index < -0.39 is 0 Å². The van der Waals surface area contributed by atoms with E-state index in [4.69, 9.17) is 9.97 Å². The van der Waals surface area contributed by atoms with E-state index in [1.165, 1.54) is 0 Å². The molecule has 0 bridgehead atoms. The molecule has 0 N–H and O–H groups in total. The molecular formula is C32H20N4. The van der Waals surface area contributed by atoms with Crippen molar-refractivity contribution >= 4 is 32.6 Å². The quantitative estimate of drug-likeness (QED) is 0.253. The first-order chi connectivity index (χ1) is 17.8. The first-order valence-electron chi connectivity index (χ1n) is 11.9. The highest BCUT2D eigenvalue weighted by atomic mass is 14.7. The van der Waals surface area contributed by atoms with Crippen molar-refractivity contribution < 1.29 is 0 Å². The molecule has 0 aliphatic rings. The van der Waals surface area contributed by atoms with Crippen molar-refractivity contribution in [2.45, 2.75) is 0 Å². The highest BCUT2D eigenvalue weighted by molar-refractivity contribution is 6.03. The lowest BCUT2D eigenvalue weighted by Crippen LogP contribution is -1.92. The maximum absolute atomic E-state index is 5.06. The fourth-order valence-corrected chi connectivity index (χ4v) is 4.74. The summed E-state index contributed by atoms with van der Waals surface area (Å²) in [5.41, 5.74) is 7.92. The van der Waals surface area contributed by atoms with Crippen molar-refractivity contribution in [3.05, 3.63) is 122 Å². The van der Waals surface area contributed by atoms with Gasteiger partial charge in [0, 0.05) is 57.6 Å². The highest BCUT2D eigenvalue weighted by Crippen LogP contribution is 2.33. The van der Waals surface area contributed by atoms with Crippen molar-refractivity contribution in [1.82, 2.24) is 19.9 Å². The lowest BCUT2D eigenvalue weighted by Gasteiger charge is -2.11. The van der Waals surface area contributed by atoms with Gasteiger partial charge in [0.1, 0.15) is 0 Å². The number of rotatable bonds is 3. The Hall–Kier alpha value is -4.96. The predicted molar refractivity (Wildman–Crippen MR) is 146 cm³/mol. The number of nitrogens with zero attached hydrogens (tertiary/aromatic N) is 4. The maximum Gasteiger partial charge on any atom is 0.0964 e. The number of hydrogen-bond donors (Lipinski definition) is 0. The summed E-state index contributed by atoms with van der Waals surface area (Å²) in [6, 6.07) is 33.4. The normalized spacial score (nSPS) is 11.3. The summed E-state index contributed by atoms with van der Waals surface area (Å²) in [7, 11) is 0. The Morgan fingerprint density at radius 2 is 1.19 bits per heavy atom. The second-order valence-corrected chi connectivity index (χ2v) is 8.87. The average Bonchev–Trinajstić information content (AvgIpc) is 2.96. The van der Waals surface area contributed by atoms with E-state index in [0.29, 0.717) is 0 Å². The fourth-order valence-electron chi connectivity index (χ4n) is 4.74. The summed E-state index contributed by atoms with van der Waals surface area (Å²) in [6.45, 7) is 0. The van der Waals surface area contributed by atoms with Gasteiger partial charge in [0.05, 0.1) is 22.4 Å². The Kier molecular flexibility index (Phi) is 4.74. The van der Waals surface area contributed by atoms with E-state index in [1.54, 1.807) is 0 Å². The average molecular weight is 461 g/mol. The van der Waals surface area contributed by atoms with E-state index in [9.17, 15) is 0 Å². The Balaban J connectivity index is 1.43. The Bertz CT molecular complexity index is 1890. The molecule has 0 amide bonds. The van der Waals surface area contributed by atoms with Crippen molar-refractivity contribution in [1.29, 1.82) is 0 Å². The van der Waals surface area contributed by atoms with Gasteiger partial charge in [0.2, 0.25) is 0 Å². The Labute approximate surface area is 208 Å². The summed E-state index contributed by atoms with van der Waals surface area (Å²) in [4.78, 5) is 18.8. The van der Waals surface area contributed by atoms with Gasteiger partial charge in [0.25, 0.3) is 0 Å². The van der Waals surface area contributed by atoms with Crippen LogP contribution in [0.15, 0.2) is 122 Å². The molecule has 7 aromatic rings. The maximum atomic E-state index is 5.06. The van der Waals surface area contributed by atoms with E-state index in [1.807, 2.05) is 55.1 Å². The Morgan fingerprint density at radius 3 is 2.11 bits per heavy atom. The third kappa shape index (κ3) is 3.56. The standard InChI is InChI=1S/C32H20N4/c1-2-5-22(6-3-1)29-17-26(18-30(36-29)24-10-8-21-12-14-33-19-27(21)15-24)28-16-25-11-9-23-7-4-13-34-31(23)32(25)35-20-28/h1-20H. The summed E-state index contributed by atoms with van der Waals surface area (Å²) in [5.74, 6) is 0. The lowest BCUT2D eigenvalue weighted by molar-refractivity contribution is 1.32. The van der Waals surface area contributed by atoms with E-state index in [-0.39, 0.29) is 0 Å². The molecule has 0 saturated heterocycles. The van der Waals surface area contributed by atoms with Crippen LogP contribution in [0.2, 0.25) is 0 Å². The van der Waals surface area contributed by atoms with Crippen LogP contribution in [0.4, 0.5) is 0 Å². The minimum Gasteiger partial charge on any atom is -0.264 e. The van der Waals surface area contributed by atoms with Gasteiger partial charge in [-0.05, 0) is 47.3 Å². The second-order valence-electron chi connectivity index (χ2n) is 8.87. The molecule has 0 spiro atoms. The molecule has 4 nitrogen and oxygen atoms in total. The van der Waals surface area contributed by atoms with Gasteiger partial charge >= 0.3 is 0 Å². The smallest absolute Gasteiger partial charge is 0.0964 e. The van der Waals surface area contributed by atoms with Gasteiger partial charge in [0.15, 0.2) is 0 Å². The number of benzene rings is 3. The largest absolute Gasteiger partial charge is 0.264 e. The van der Waals surface area contributed by atoms with Gasteiger partial charge < -0.3 is 0 Å². The van der Waals surface area contributed by atoms with Gasteiger partial charge in [-0.1, -0.05) is 60.7 Å². The molecule has 4 heteroatoms. The number of aromatic nitrogens is 4. The van der Waals surface area contributed by atoms with Crippen LogP contribution in [-0.4, -0.2) is 19.9 Å². The fraction of sp³-hybridized carbons (Fsp3) is 0. The van der Waals surface area contributed by atoms with Gasteiger partial charge in [-0.15, -0.1) is 0 Å². The van der Waals surface area contributed by atoms with Crippen LogP contribution in [0.25, 0.3) is 66.2 Å². The molecule has 4 heterocycles. The number of hydrogen-bond acceptors (Lipinski definition) is 4. The molecule has 0 atom stereocenters. The van der Waals surface area contributed by atoms with Crippen LogP contribution in [0, 0.1) is 0 Å². The van der Waals surface area contributed by atoms with Gasteiger partial charge in [-0.3, -0.25) is 15.0 Å². The first-order valence-corrected chi connectivity index (χ1v) is 11.9. The van der Waals surface area contributed by atoms with Gasteiger partial charge in [-0.2, -0.15) is 0 Å². The molecule has 0 unspecified atom stereocenters. The molecule has 0 aliphatic heterocycles. The zero-order valence-electron chi connectivity index (χ0n) is 19.3. The molecule has 0 fully saturated rings. The van der Waals surface area contributed by atoms with Crippen LogP contribution in [0.5, 0.6) is 0 Å². The van der Waals surface area contributed by atoms with Crippen LogP contribution >= 0.6 is 0 Å². The summed E-state index contributed by atoms with van der Waals surface area (Å²) in [6.07, 6.45) is 7.47. The third-order valence-electron chi connectivity index (χ3n) is 6.59. The van der Waals surface area contributed by atoms with Crippen LogP contribution in [-0.2, 0) is 0 Å². The van der Waals surface area contributed by atoms with Crippen molar-refractivity contribution in [2.24, 2.45) is 0 Å². The SMILES string of the molecule is c1ccc(-c2cc(-c3cnc4c(ccc5cccnc54)c3)cc(-c3ccc4ccncc4c3)n2)cc1. The van der Waals surface area contributed by atoms with Crippen LogP contribution in [0.1, 0.15) is 0 Å². The lowest BCUT2D eigenvalue weighted by atomic mass is 9.99. The number of fused-ring (bicyclic) bond motifs is 4. The molecule has 36 heavy (non-hydrogen) atoms. The molecule has 3 aromatic carbocycles. The second kappa shape index (κ2) is 8.36. The number of pyridine rings is 4. The van der Waals surface area contributed by atoms with E-state index in [0.717, 1.165) is 66.2 Å². The molecule has 7 rings (SSSR count). The highest BCUT2D eigenvalue weighted by Gasteiger charge is 2.11. The molecule has 168 valence electrons. The Morgan fingerprint density at radius 1 is 0.417 bits per heavy atom. The van der Waals surface area contributed by atoms with Crippen molar-refractivity contribution in [3.8, 4) is 33.6 Å². The molecule has 0 saturated carbocycles. The first kappa shape index (κ1) is 20.4. The van der Waals surface area contributed by atoms with Crippen molar-refractivity contribution in [2.75, 3.05) is 0 Å². The monoisotopic (exact) mass is 460 g/mol. The van der Waals surface area contributed by atoms with Crippen LogP contribution < -0.4 is 0 Å². The summed E-state index contributed by atoms with van der Waals surface area (Å²) < 4.78 is 0. The molecule has 4 aromatic heterocycles. The van der Waals surface area contributed by atoms with E-state index >= 15 is 0 Å². The molecule has 0 radical (unpaired) electrons. The summed E-state index contributed by atoms with van der Waals surface area (Å²) in [5, 5.41) is 4.41. The summed E-state index contributed by atoms with van der Waals surface area (Å²) >= 11 is 0. The van der Waals surface area contributed by atoms with E-state index in [2.05, 4.69) is 76.7 Å². The predicted octanol–water partition coefficient (Wildman–Crippen LogP) is 7.73. The minimum absolute atomic E-state index is 0.913. The zero-order valence-corrected chi connectivity index (χ0v) is 19.3. The molecule has 0 aliphatic carbocycles. The third-order valence-corrected chi connectivity index (χ3v) is 6.59. The van der Waals surface area contributed by atoms with Gasteiger partial charge in [-0.25, -0.2) is 4.98 Å². The van der Waals surface area contributed by atoms with Crippen molar-refractivity contribution in [3.63, 3.8) is 0 Å². The topological polar surface area (TPSA) is 51.6 Å². The zero-order chi connectivity index (χ0) is 23.9.